The minimum absolute atomic E-state index is 0.193. The quantitative estimate of drug-likeness (QED) is 0.500. The van der Waals surface area contributed by atoms with Crippen molar-refractivity contribution in [1.82, 2.24) is 19.4 Å². The van der Waals surface area contributed by atoms with E-state index in [-0.39, 0.29) is 10.6 Å². The summed E-state index contributed by atoms with van der Waals surface area (Å²) in [7, 11) is 0. The number of fused-ring (bicyclic) bond motifs is 1. The largest absolute Gasteiger partial charge is 0.521 e. The van der Waals surface area contributed by atoms with Gasteiger partial charge in [-0.05, 0) is 42.8 Å². The summed E-state index contributed by atoms with van der Waals surface area (Å²) < 4.78 is 12.9. The standard InChI is InChI=1S/C24H25N4O3/c1-2-31-24(29)28(11-9-25-10-12-28)21-5-3-4-20(15-21)27-17-26-22-14-18(6-7-23(22)27)19-8-13-30-16-19/h3-8,13-17,25H,2,9-12H2,1H3/q+1. The molecule has 0 aliphatic carbocycles. The van der Waals surface area contributed by atoms with E-state index in [0.717, 1.165) is 46.6 Å². The first kappa shape index (κ1) is 19.5. The Labute approximate surface area is 180 Å². The minimum atomic E-state index is -0.193. The number of hydrogen-bond acceptors (Lipinski definition) is 5. The number of quaternary nitrogens is 1. The average molecular weight is 417 g/mol. The van der Waals surface area contributed by atoms with Gasteiger partial charge in [0.2, 0.25) is 0 Å². The number of ether oxygens (including phenoxy) is 1. The molecule has 0 saturated carbocycles. The summed E-state index contributed by atoms with van der Waals surface area (Å²) in [5.74, 6) is 0. The lowest BCUT2D eigenvalue weighted by atomic mass is 10.1. The van der Waals surface area contributed by atoms with Crippen molar-refractivity contribution in [3.63, 3.8) is 0 Å². The van der Waals surface area contributed by atoms with Crippen molar-refractivity contribution in [2.24, 2.45) is 0 Å². The number of imidazole rings is 1. The summed E-state index contributed by atoms with van der Waals surface area (Å²) in [5, 5.41) is 3.34. The minimum Gasteiger partial charge on any atom is -0.472 e. The van der Waals surface area contributed by atoms with Crippen molar-refractivity contribution in [3.8, 4) is 16.8 Å². The molecule has 158 valence electrons. The number of nitrogens with zero attached hydrogens (tertiary/aromatic N) is 3. The summed E-state index contributed by atoms with van der Waals surface area (Å²) in [5.41, 5.74) is 5.91. The number of carbonyl (C=O) groups is 1. The van der Waals surface area contributed by atoms with Crippen LogP contribution in [0.15, 0.2) is 71.8 Å². The van der Waals surface area contributed by atoms with Crippen molar-refractivity contribution in [3.05, 3.63) is 67.4 Å². The van der Waals surface area contributed by atoms with Crippen LogP contribution in [0, 0.1) is 0 Å². The van der Waals surface area contributed by atoms with Crippen LogP contribution < -0.4 is 9.80 Å². The lowest BCUT2D eigenvalue weighted by Gasteiger charge is -2.37. The molecule has 4 aromatic rings. The summed E-state index contributed by atoms with van der Waals surface area (Å²) >= 11 is 0. The zero-order chi connectivity index (χ0) is 21.3. The van der Waals surface area contributed by atoms with Gasteiger partial charge in [-0.25, -0.2) is 4.98 Å². The molecule has 1 amide bonds. The second kappa shape index (κ2) is 8.02. The zero-order valence-electron chi connectivity index (χ0n) is 17.5. The highest BCUT2D eigenvalue weighted by atomic mass is 16.6. The first-order valence-electron chi connectivity index (χ1n) is 10.6. The van der Waals surface area contributed by atoms with E-state index in [4.69, 9.17) is 9.15 Å². The van der Waals surface area contributed by atoms with E-state index < -0.39 is 0 Å². The molecule has 31 heavy (non-hydrogen) atoms. The Morgan fingerprint density at radius 3 is 2.81 bits per heavy atom. The molecule has 0 spiro atoms. The van der Waals surface area contributed by atoms with E-state index in [2.05, 4.69) is 39.1 Å². The van der Waals surface area contributed by atoms with Crippen LogP contribution in [0.4, 0.5) is 10.5 Å². The highest BCUT2D eigenvalue weighted by Crippen LogP contribution is 2.30. The van der Waals surface area contributed by atoms with Crippen molar-refractivity contribution in [2.75, 3.05) is 32.8 Å². The van der Waals surface area contributed by atoms with E-state index in [1.807, 2.05) is 37.5 Å². The van der Waals surface area contributed by atoms with Crippen molar-refractivity contribution in [1.29, 1.82) is 0 Å². The molecule has 7 heteroatoms. The van der Waals surface area contributed by atoms with Gasteiger partial charge in [0.25, 0.3) is 0 Å². The number of benzene rings is 2. The SMILES string of the molecule is CCOC(=O)[N+]1(c2cccc(-n3cnc4cc(-c5ccoc5)ccc43)c2)CCNCC1. The van der Waals surface area contributed by atoms with Gasteiger partial charge in [0.15, 0.2) is 0 Å². The predicted molar refractivity (Wildman–Crippen MR) is 120 cm³/mol. The smallest absolute Gasteiger partial charge is 0.472 e. The van der Waals surface area contributed by atoms with Crippen molar-refractivity contribution < 1.29 is 13.9 Å². The Balaban J connectivity index is 1.55. The van der Waals surface area contributed by atoms with Gasteiger partial charge in [0, 0.05) is 24.7 Å². The number of nitrogens with one attached hydrogen (secondary N) is 1. The third kappa shape index (κ3) is 3.41. The fraction of sp³-hybridized carbons (Fsp3) is 0.250. The van der Waals surface area contributed by atoms with Crippen LogP contribution in [0.3, 0.4) is 0 Å². The van der Waals surface area contributed by atoms with Gasteiger partial charge in [-0.15, -0.1) is 0 Å². The van der Waals surface area contributed by atoms with Gasteiger partial charge < -0.3 is 14.5 Å². The number of amides is 1. The Bertz CT molecular complexity index is 1210. The first-order chi connectivity index (χ1) is 15.2. The van der Waals surface area contributed by atoms with Crippen LogP contribution in [0.2, 0.25) is 0 Å². The zero-order valence-corrected chi connectivity index (χ0v) is 17.5. The number of piperazine rings is 1. The number of rotatable bonds is 4. The van der Waals surface area contributed by atoms with Crippen LogP contribution >= 0.6 is 0 Å². The van der Waals surface area contributed by atoms with E-state index in [9.17, 15) is 4.79 Å². The van der Waals surface area contributed by atoms with Crippen LogP contribution in [0.1, 0.15) is 6.92 Å². The normalized spacial score (nSPS) is 15.8. The third-order valence-electron chi connectivity index (χ3n) is 5.96. The fourth-order valence-electron chi connectivity index (χ4n) is 4.31. The van der Waals surface area contributed by atoms with Crippen LogP contribution in [-0.2, 0) is 4.74 Å². The van der Waals surface area contributed by atoms with Gasteiger partial charge in [-0.2, -0.15) is 9.28 Å². The van der Waals surface area contributed by atoms with Gasteiger partial charge in [-0.1, -0.05) is 12.1 Å². The molecule has 5 rings (SSSR count). The van der Waals surface area contributed by atoms with E-state index in [1.165, 1.54) is 0 Å². The molecule has 0 atom stereocenters. The molecule has 1 N–H and O–H groups in total. The maximum absolute atomic E-state index is 13.0. The van der Waals surface area contributed by atoms with Crippen LogP contribution in [0.25, 0.3) is 27.8 Å². The molecule has 0 bridgehead atoms. The summed E-state index contributed by atoms with van der Waals surface area (Å²) in [6.07, 6.45) is 5.03. The van der Waals surface area contributed by atoms with Crippen LogP contribution in [0.5, 0.6) is 0 Å². The van der Waals surface area contributed by atoms with E-state index >= 15 is 0 Å². The number of hydrogen-bond donors (Lipinski definition) is 1. The molecule has 1 aliphatic rings. The molecule has 1 saturated heterocycles. The van der Waals surface area contributed by atoms with Gasteiger partial charge >= 0.3 is 6.09 Å². The maximum Gasteiger partial charge on any atom is 0.521 e. The van der Waals surface area contributed by atoms with Crippen LogP contribution in [-0.4, -0.2) is 48.4 Å². The Kier molecular flexibility index (Phi) is 5.05. The monoisotopic (exact) mass is 417 g/mol. The maximum atomic E-state index is 13.0. The van der Waals surface area contributed by atoms with Crippen molar-refractivity contribution in [2.45, 2.75) is 6.92 Å². The highest BCUT2D eigenvalue weighted by Gasteiger charge is 2.42. The topological polar surface area (TPSA) is 69.3 Å². The lowest BCUT2D eigenvalue weighted by Crippen LogP contribution is -2.63. The molecule has 0 radical (unpaired) electrons. The second-order valence-corrected chi connectivity index (χ2v) is 7.71. The Morgan fingerprint density at radius 1 is 1.16 bits per heavy atom. The molecule has 2 aromatic carbocycles. The van der Waals surface area contributed by atoms with Gasteiger partial charge in [0.1, 0.15) is 25.1 Å². The molecule has 7 nitrogen and oxygen atoms in total. The van der Waals surface area contributed by atoms with Crippen molar-refractivity contribution >= 4 is 22.8 Å². The van der Waals surface area contributed by atoms with Gasteiger partial charge in [0.05, 0.1) is 35.9 Å². The first-order valence-corrected chi connectivity index (χ1v) is 10.6. The van der Waals surface area contributed by atoms with E-state index in [1.54, 1.807) is 12.5 Å². The van der Waals surface area contributed by atoms with E-state index in [0.29, 0.717) is 19.7 Å². The molecular formula is C24H25N4O3+. The molecule has 2 aromatic heterocycles. The number of aromatic nitrogens is 2. The summed E-state index contributed by atoms with van der Waals surface area (Å²) in [6.45, 7) is 5.10. The highest BCUT2D eigenvalue weighted by molar-refractivity contribution is 5.85. The molecule has 0 unspecified atom stereocenters. The lowest BCUT2D eigenvalue weighted by molar-refractivity contribution is 0.104. The molecule has 3 heterocycles. The number of furan rings is 1. The van der Waals surface area contributed by atoms with Gasteiger partial charge in [-0.3, -0.25) is 4.57 Å². The fourth-order valence-corrected chi connectivity index (χ4v) is 4.31. The predicted octanol–water partition coefficient (Wildman–Crippen LogP) is 4.35. The molecule has 1 aliphatic heterocycles. The third-order valence-corrected chi connectivity index (χ3v) is 5.96. The second-order valence-electron chi connectivity index (χ2n) is 7.71. The Morgan fingerprint density at radius 2 is 2.03 bits per heavy atom. The number of carbonyl (C=O) groups excluding carboxylic acids is 1. The summed E-state index contributed by atoms with van der Waals surface area (Å²) in [6, 6.07) is 16.3. The average Bonchev–Trinajstić information content (AvgIpc) is 3.49. The summed E-state index contributed by atoms with van der Waals surface area (Å²) in [4.78, 5) is 17.6. The Hall–Kier alpha value is -3.42. The molecular weight excluding hydrogens is 392 g/mol. The molecule has 1 fully saturated rings.